The van der Waals surface area contributed by atoms with Gasteiger partial charge in [-0.2, -0.15) is 0 Å². The Balaban J connectivity index is 1.57. The highest BCUT2D eigenvalue weighted by atomic mass is 16.2. The van der Waals surface area contributed by atoms with E-state index in [0.717, 1.165) is 30.4 Å². The number of aromatic nitrogens is 1. The molecule has 3 rings (SSSR count). The fourth-order valence-corrected chi connectivity index (χ4v) is 3.56. The molecule has 2 heterocycles. The van der Waals surface area contributed by atoms with Gasteiger partial charge >= 0.3 is 0 Å². The second kappa shape index (κ2) is 9.35. The van der Waals surface area contributed by atoms with E-state index in [1.54, 1.807) is 27.8 Å². The smallest absolute Gasteiger partial charge is 0.250 e. The maximum absolute atomic E-state index is 12.6. The monoisotopic (exact) mass is 381 g/mol. The summed E-state index contributed by atoms with van der Waals surface area (Å²) in [4.78, 5) is 38.2. The summed E-state index contributed by atoms with van der Waals surface area (Å²) in [6, 6.07) is 12.6. The van der Waals surface area contributed by atoms with Crippen molar-refractivity contribution in [3.05, 3.63) is 70.1 Å². The van der Waals surface area contributed by atoms with Crippen molar-refractivity contribution in [3.8, 4) is 0 Å². The first-order valence-corrected chi connectivity index (χ1v) is 9.89. The number of carbonyl (C=O) groups is 2. The van der Waals surface area contributed by atoms with Gasteiger partial charge in [-0.15, -0.1) is 0 Å². The minimum Gasteiger partial charge on any atom is -0.350 e. The van der Waals surface area contributed by atoms with E-state index in [4.69, 9.17) is 0 Å². The van der Waals surface area contributed by atoms with Gasteiger partial charge in [0, 0.05) is 31.8 Å². The first-order chi connectivity index (χ1) is 13.6. The summed E-state index contributed by atoms with van der Waals surface area (Å²) in [5.74, 6) is -0.0400. The lowest BCUT2D eigenvalue weighted by Gasteiger charge is -2.34. The molecule has 1 aliphatic heterocycles. The molecule has 0 radical (unpaired) electrons. The third-order valence-electron chi connectivity index (χ3n) is 5.17. The van der Waals surface area contributed by atoms with Gasteiger partial charge in [0.1, 0.15) is 6.04 Å². The Hall–Kier alpha value is -2.89. The van der Waals surface area contributed by atoms with Gasteiger partial charge in [-0.1, -0.05) is 37.3 Å². The SMILES string of the molecule is CCC(=O)N1CCCCC1C(=O)NCc1ccc(Cn2ccccc2=O)cc1. The number of piperidine rings is 1. The number of nitrogens with one attached hydrogen (secondary N) is 1. The van der Waals surface area contributed by atoms with Crippen LogP contribution in [0.25, 0.3) is 0 Å². The minimum absolute atomic E-state index is 0.0301. The Kier molecular flexibility index (Phi) is 6.63. The van der Waals surface area contributed by atoms with Crippen LogP contribution in [0.4, 0.5) is 0 Å². The Morgan fingerprint density at radius 3 is 2.54 bits per heavy atom. The molecule has 148 valence electrons. The van der Waals surface area contributed by atoms with Crippen molar-refractivity contribution >= 4 is 11.8 Å². The van der Waals surface area contributed by atoms with E-state index in [1.165, 1.54) is 0 Å². The average molecular weight is 381 g/mol. The number of benzene rings is 1. The number of pyridine rings is 1. The molecule has 1 aliphatic rings. The number of hydrogen-bond acceptors (Lipinski definition) is 3. The normalized spacial score (nSPS) is 16.6. The number of hydrogen-bond donors (Lipinski definition) is 1. The standard InChI is InChI=1S/C22H27N3O3/c1-2-20(26)25-14-6-3-7-19(25)22(28)23-15-17-9-11-18(12-10-17)16-24-13-5-4-8-21(24)27/h4-5,8-13,19H,2-3,6-7,14-16H2,1H3,(H,23,28). The van der Waals surface area contributed by atoms with Crippen molar-refractivity contribution in [1.29, 1.82) is 0 Å². The summed E-state index contributed by atoms with van der Waals surface area (Å²) < 4.78 is 1.65. The number of likely N-dealkylation sites (tertiary alicyclic amines) is 1. The van der Waals surface area contributed by atoms with Crippen molar-refractivity contribution in [2.45, 2.75) is 51.7 Å². The summed E-state index contributed by atoms with van der Waals surface area (Å²) in [5.41, 5.74) is 1.98. The van der Waals surface area contributed by atoms with Crippen LogP contribution in [0.3, 0.4) is 0 Å². The molecule has 0 saturated carbocycles. The molecule has 28 heavy (non-hydrogen) atoms. The summed E-state index contributed by atoms with van der Waals surface area (Å²) in [6.45, 7) is 3.44. The van der Waals surface area contributed by atoms with E-state index in [1.807, 2.05) is 37.3 Å². The molecular formula is C22H27N3O3. The van der Waals surface area contributed by atoms with Gasteiger partial charge in [-0.25, -0.2) is 0 Å². The van der Waals surface area contributed by atoms with Gasteiger partial charge in [-0.05, 0) is 36.5 Å². The quantitative estimate of drug-likeness (QED) is 0.835. The van der Waals surface area contributed by atoms with Crippen molar-refractivity contribution < 1.29 is 9.59 Å². The van der Waals surface area contributed by atoms with Crippen LogP contribution in [-0.4, -0.2) is 33.9 Å². The Bertz CT molecular complexity index is 873. The lowest BCUT2D eigenvalue weighted by Crippen LogP contribution is -2.51. The first-order valence-electron chi connectivity index (χ1n) is 9.89. The molecule has 0 spiro atoms. The van der Waals surface area contributed by atoms with E-state index < -0.39 is 0 Å². The zero-order chi connectivity index (χ0) is 19.9. The fourth-order valence-electron chi connectivity index (χ4n) is 3.56. The molecule has 2 amide bonds. The van der Waals surface area contributed by atoms with Gasteiger partial charge in [0.2, 0.25) is 11.8 Å². The van der Waals surface area contributed by atoms with Crippen LogP contribution in [-0.2, 0) is 22.7 Å². The predicted octanol–water partition coefficient (Wildman–Crippen LogP) is 2.30. The summed E-state index contributed by atoms with van der Waals surface area (Å²) in [5, 5.41) is 2.97. The predicted molar refractivity (Wildman–Crippen MR) is 108 cm³/mol. The summed E-state index contributed by atoms with van der Waals surface area (Å²) in [7, 11) is 0. The van der Waals surface area contributed by atoms with E-state index in [0.29, 0.717) is 26.1 Å². The highest BCUT2D eigenvalue weighted by Crippen LogP contribution is 2.18. The van der Waals surface area contributed by atoms with Crippen molar-refractivity contribution in [1.82, 2.24) is 14.8 Å². The Morgan fingerprint density at radius 1 is 1.07 bits per heavy atom. The van der Waals surface area contributed by atoms with Crippen LogP contribution in [0.5, 0.6) is 0 Å². The van der Waals surface area contributed by atoms with Crippen molar-refractivity contribution in [3.63, 3.8) is 0 Å². The van der Waals surface area contributed by atoms with Gasteiger partial charge < -0.3 is 14.8 Å². The second-order valence-corrected chi connectivity index (χ2v) is 7.15. The molecule has 6 nitrogen and oxygen atoms in total. The van der Waals surface area contributed by atoms with Crippen LogP contribution in [0, 0.1) is 0 Å². The van der Waals surface area contributed by atoms with Crippen LogP contribution < -0.4 is 10.9 Å². The lowest BCUT2D eigenvalue weighted by atomic mass is 10.0. The molecule has 1 aromatic heterocycles. The number of carbonyl (C=O) groups excluding carboxylic acids is 2. The molecule has 6 heteroatoms. The number of amides is 2. The van der Waals surface area contributed by atoms with Crippen LogP contribution in [0.1, 0.15) is 43.7 Å². The summed E-state index contributed by atoms with van der Waals surface area (Å²) in [6.07, 6.45) is 4.85. The molecule has 1 unspecified atom stereocenters. The average Bonchev–Trinajstić information content (AvgIpc) is 2.74. The third-order valence-corrected chi connectivity index (χ3v) is 5.17. The van der Waals surface area contributed by atoms with Gasteiger partial charge in [-0.3, -0.25) is 14.4 Å². The molecule has 0 aliphatic carbocycles. The van der Waals surface area contributed by atoms with Crippen LogP contribution >= 0.6 is 0 Å². The molecule has 0 bridgehead atoms. The third kappa shape index (κ3) is 4.88. The second-order valence-electron chi connectivity index (χ2n) is 7.15. The van der Waals surface area contributed by atoms with Gasteiger partial charge in [0.25, 0.3) is 5.56 Å². The summed E-state index contributed by atoms with van der Waals surface area (Å²) >= 11 is 0. The van der Waals surface area contributed by atoms with E-state index in [2.05, 4.69) is 5.32 Å². The minimum atomic E-state index is -0.356. The zero-order valence-corrected chi connectivity index (χ0v) is 16.3. The van der Waals surface area contributed by atoms with E-state index >= 15 is 0 Å². The highest BCUT2D eigenvalue weighted by molar-refractivity contribution is 5.87. The fraction of sp³-hybridized carbons (Fsp3) is 0.409. The first kappa shape index (κ1) is 19.9. The Labute approximate surface area is 165 Å². The Morgan fingerprint density at radius 2 is 1.82 bits per heavy atom. The molecule has 1 atom stereocenters. The molecule has 1 saturated heterocycles. The number of nitrogens with zero attached hydrogens (tertiary/aromatic N) is 2. The van der Waals surface area contributed by atoms with Gasteiger partial charge in [0.15, 0.2) is 0 Å². The largest absolute Gasteiger partial charge is 0.350 e. The lowest BCUT2D eigenvalue weighted by molar-refractivity contribution is -0.142. The molecule has 1 aromatic carbocycles. The van der Waals surface area contributed by atoms with Crippen molar-refractivity contribution in [2.75, 3.05) is 6.54 Å². The van der Waals surface area contributed by atoms with Crippen LogP contribution in [0.15, 0.2) is 53.5 Å². The molecule has 2 aromatic rings. The highest BCUT2D eigenvalue weighted by Gasteiger charge is 2.30. The van der Waals surface area contributed by atoms with Gasteiger partial charge in [0.05, 0.1) is 6.54 Å². The van der Waals surface area contributed by atoms with Crippen molar-refractivity contribution in [2.24, 2.45) is 0 Å². The van der Waals surface area contributed by atoms with Crippen LogP contribution in [0.2, 0.25) is 0 Å². The number of rotatable bonds is 6. The topological polar surface area (TPSA) is 71.4 Å². The molecular weight excluding hydrogens is 354 g/mol. The molecule has 1 fully saturated rings. The van der Waals surface area contributed by atoms with E-state index in [9.17, 15) is 14.4 Å². The maximum Gasteiger partial charge on any atom is 0.250 e. The molecule has 1 N–H and O–H groups in total. The maximum atomic E-state index is 12.6. The zero-order valence-electron chi connectivity index (χ0n) is 16.3. The van der Waals surface area contributed by atoms with E-state index in [-0.39, 0.29) is 23.4 Å².